The van der Waals surface area contributed by atoms with Crippen LogP contribution >= 0.6 is 0 Å². The lowest BCUT2D eigenvalue weighted by Crippen LogP contribution is -2.57. The summed E-state index contributed by atoms with van der Waals surface area (Å²) in [6, 6.07) is 10.1. The minimum atomic E-state index is -5.12. The summed E-state index contributed by atoms with van der Waals surface area (Å²) in [5.74, 6) is -0.157. The number of rotatable bonds is 6. The number of halogens is 3. The van der Waals surface area contributed by atoms with Crippen LogP contribution in [0.15, 0.2) is 42.5 Å². The van der Waals surface area contributed by atoms with Crippen LogP contribution in [0.2, 0.25) is 0 Å². The predicted octanol–water partition coefficient (Wildman–Crippen LogP) is 3.78. The van der Waals surface area contributed by atoms with E-state index in [1.165, 1.54) is 18.2 Å². The third kappa shape index (κ3) is 5.58. The zero-order chi connectivity index (χ0) is 26.8. The number of primary amides is 1. The Bertz CT molecular complexity index is 1110. The molecule has 4 rings (SSSR count). The normalized spacial score (nSPS) is 19.5. The second-order valence-electron chi connectivity index (χ2n) is 10.1. The van der Waals surface area contributed by atoms with E-state index < -0.39 is 29.2 Å². The Hall–Kier alpha value is -3.14. The largest absolute Gasteiger partial charge is 0.430 e. The molecule has 3 N–H and O–H groups in total. The average Bonchev–Trinajstić information content (AvgIpc) is 2.88. The maximum atomic E-state index is 13.9. The number of aliphatic hydroxyl groups is 1. The number of benzene rings is 1. The van der Waals surface area contributed by atoms with Gasteiger partial charge in [0.15, 0.2) is 0 Å². The Balaban J connectivity index is 1.30. The first-order valence-electron chi connectivity index (χ1n) is 12.7. The molecule has 7 nitrogen and oxygen atoms in total. The molecule has 2 aliphatic rings. The summed E-state index contributed by atoms with van der Waals surface area (Å²) in [5.41, 5.74) is 2.38. The number of piperidine rings is 2. The molecule has 2 fully saturated rings. The first-order chi connectivity index (χ1) is 17.5. The Morgan fingerprint density at radius 2 is 1.54 bits per heavy atom. The number of nitrogens with two attached hydrogens (primary N) is 1. The van der Waals surface area contributed by atoms with Gasteiger partial charge in [0.05, 0.1) is 11.3 Å². The van der Waals surface area contributed by atoms with Crippen LogP contribution < -0.4 is 10.6 Å². The van der Waals surface area contributed by atoms with Crippen LogP contribution in [0.4, 0.5) is 19.0 Å². The van der Waals surface area contributed by atoms with Crippen LogP contribution in [0, 0.1) is 18.8 Å². The molecule has 0 bridgehead atoms. The van der Waals surface area contributed by atoms with Gasteiger partial charge in [-0.2, -0.15) is 13.2 Å². The van der Waals surface area contributed by atoms with Crippen LogP contribution in [0.25, 0.3) is 0 Å². The third-order valence-electron chi connectivity index (χ3n) is 7.75. The molecule has 0 saturated carbocycles. The van der Waals surface area contributed by atoms with Crippen LogP contribution in [-0.4, -0.2) is 59.2 Å². The third-order valence-corrected chi connectivity index (χ3v) is 7.75. The van der Waals surface area contributed by atoms with E-state index >= 15 is 0 Å². The summed E-state index contributed by atoms with van der Waals surface area (Å²) < 4.78 is 41.7. The highest BCUT2D eigenvalue weighted by molar-refractivity contribution is 5.94. The topological polar surface area (TPSA) is 99.8 Å². The molecule has 1 aromatic carbocycles. The summed E-state index contributed by atoms with van der Waals surface area (Å²) in [6.07, 6.45) is -0.985. The Labute approximate surface area is 214 Å². The number of pyridine rings is 1. The summed E-state index contributed by atoms with van der Waals surface area (Å²) in [7, 11) is 0. The standard InChI is InChI=1S/C27H33F3N4O3/c1-18-22(24(31)35)7-8-23(32-18)33-13-9-19(10-14-33)17-20-11-15-34(16-12-20)25(36)26(37,27(28,29)30)21-5-3-2-4-6-21/h2-8,19-20,37H,9-17H2,1H3,(H2,31,35). The number of carbonyl (C=O) groups excluding carboxylic acids is 2. The molecule has 1 aromatic heterocycles. The molecule has 0 aliphatic carbocycles. The number of nitrogens with zero attached hydrogens (tertiary/aromatic N) is 3. The second kappa shape index (κ2) is 10.7. The second-order valence-corrected chi connectivity index (χ2v) is 10.1. The van der Waals surface area contributed by atoms with Crippen molar-refractivity contribution in [3.05, 3.63) is 59.3 Å². The van der Waals surface area contributed by atoms with Crippen molar-refractivity contribution >= 4 is 17.6 Å². The molecule has 37 heavy (non-hydrogen) atoms. The van der Waals surface area contributed by atoms with Gasteiger partial charge in [-0.1, -0.05) is 30.3 Å². The fourth-order valence-electron chi connectivity index (χ4n) is 5.54. The molecule has 2 saturated heterocycles. The molecule has 2 amide bonds. The van der Waals surface area contributed by atoms with Crippen LogP contribution in [0.1, 0.15) is 53.7 Å². The van der Waals surface area contributed by atoms with Gasteiger partial charge in [0, 0.05) is 31.7 Å². The molecule has 1 unspecified atom stereocenters. The SMILES string of the molecule is Cc1nc(N2CCC(CC3CCN(C(=O)C(O)(c4ccccc4)C(F)(F)F)CC3)CC2)ccc1C(N)=O. The number of hydrogen-bond acceptors (Lipinski definition) is 5. The van der Waals surface area contributed by atoms with Crippen molar-refractivity contribution in [3.8, 4) is 0 Å². The molecule has 2 aliphatic heterocycles. The number of aryl methyl sites for hydroxylation is 1. The summed E-state index contributed by atoms with van der Waals surface area (Å²) >= 11 is 0. The van der Waals surface area contributed by atoms with Crippen molar-refractivity contribution in [1.82, 2.24) is 9.88 Å². The van der Waals surface area contributed by atoms with Crippen LogP contribution in [0.5, 0.6) is 0 Å². The Kier molecular flexibility index (Phi) is 7.77. The molecule has 3 heterocycles. The molecule has 0 spiro atoms. The van der Waals surface area contributed by atoms with Crippen LogP contribution in [0.3, 0.4) is 0 Å². The van der Waals surface area contributed by atoms with Crippen molar-refractivity contribution in [2.75, 3.05) is 31.1 Å². The molecule has 0 radical (unpaired) electrons. The number of likely N-dealkylation sites (tertiary alicyclic amines) is 1. The molecule has 1 atom stereocenters. The number of anilines is 1. The van der Waals surface area contributed by atoms with Gasteiger partial charge in [-0.15, -0.1) is 0 Å². The maximum absolute atomic E-state index is 13.9. The van der Waals surface area contributed by atoms with Crippen molar-refractivity contribution in [2.45, 2.75) is 50.8 Å². The summed E-state index contributed by atoms with van der Waals surface area (Å²) in [6.45, 7) is 3.83. The monoisotopic (exact) mass is 518 g/mol. The van der Waals surface area contributed by atoms with Crippen LogP contribution in [-0.2, 0) is 10.4 Å². The van der Waals surface area contributed by atoms with E-state index in [1.807, 2.05) is 6.07 Å². The Morgan fingerprint density at radius 3 is 2.05 bits per heavy atom. The van der Waals surface area contributed by atoms with E-state index in [2.05, 4.69) is 9.88 Å². The minimum absolute atomic E-state index is 0.197. The highest BCUT2D eigenvalue weighted by Gasteiger charge is 2.62. The van der Waals surface area contributed by atoms with E-state index in [0.29, 0.717) is 35.9 Å². The van der Waals surface area contributed by atoms with Crippen molar-refractivity contribution in [3.63, 3.8) is 0 Å². The van der Waals surface area contributed by atoms with Gasteiger partial charge in [-0.25, -0.2) is 4.98 Å². The number of hydrogen-bond donors (Lipinski definition) is 2. The molecular formula is C27H33F3N4O3. The van der Waals surface area contributed by atoms with Crippen molar-refractivity contribution in [1.29, 1.82) is 0 Å². The minimum Gasteiger partial charge on any atom is -0.369 e. The smallest absolute Gasteiger partial charge is 0.369 e. The lowest BCUT2D eigenvalue weighted by molar-refractivity contribution is -0.262. The van der Waals surface area contributed by atoms with Gasteiger partial charge < -0.3 is 20.6 Å². The maximum Gasteiger partial charge on any atom is 0.430 e. The molecule has 10 heteroatoms. The highest BCUT2D eigenvalue weighted by Crippen LogP contribution is 2.41. The van der Waals surface area contributed by atoms with E-state index in [4.69, 9.17) is 5.73 Å². The highest BCUT2D eigenvalue weighted by atomic mass is 19.4. The van der Waals surface area contributed by atoms with Gasteiger partial charge in [0.1, 0.15) is 5.82 Å². The quantitative estimate of drug-likeness (QED) is 0.606. The number of alkyl halides is 3. The lowest BCUT2D eigenvalue weighted by Gasteiger charge is -2.40. The fourth-order valence-corrected chi connectivity index (χ4v) is 5.54. The average molecular weight is 519 g/mol. The van der Waals surface area contributed by atoms with E-state index in [9.17, 15) is 27.9 Å². The van der Waals surface area contributed by atoms with E-state index in [1.54, 1.807) is 13.0 Å². The van der Waals surface area contributed by atoms with Gasteiger partial charge in [0.2, 0.25) is 0 Å². The zero-order valence-corrected chi connectivity index (χ0v) is 20.9. The number of carbonyl (C=O) groups is 2. The molecular weight excluding hydrogens is 485 g/mol. The van der Waals surface area contributed by atoms with Gasteiger partial charge >= 0.3 is 6.18 Å². The summed E-state index contributed by atoms with van der Waals surface area (Å²) in [4.78, 5) is 32.3. The molecule has 2 aromatic rings. The first-order valence-corrected chi connectivity index (χ1v) is 12.7. The summed E-state index contributed by atoms with van der Waals surface area (Å²) in [5, 5.41) is 10.6. The van der Waals surface area contributed by atoms with E-state index in [-0.39, 0.29) is 13.1 Å². The number of amides is 2. The van der Waals surface area contributed by atoms with Gasteiger partial charge in [0.25, 0.3) is 17.4 Å². The van der Waals surface area contributed by atoms with Gasteiger partial charge in [-0.05, 0) is 63.0 Å². The Morgan fingerprint density at radius 1 is 0.973 bits per heavy atom. The van der Waals surface area contributed by atoms with E-state index in [0.717, 1.165) is 55.2 Å². The van der Waals surface area contributed by atoms with Crippen molar-refractivity contribution < 1.29 is 27.9 Å². The van der Waals surface area contributed by atoms with Crippen molar-refractivity contribution in [2.24, 2.45) is 17.6 Å². The predicted molar refractivity (Wildman–Crippen MR) is 133 cm³/mol. The number of aromatic nitrogens is 1. The zero-order valence-electron chi connectivity index (χ0n) is 20.9. The molecule has 200 valence electrons. The first kappa shape index (κ1) is 26.9. The lowest BCUT2D eigenvalue weighted by atomic mass is 9.82. The van der Waals surface area contributed by atoms with Gasteiger partial charge in [-0.3, -0.25) is 9.59 Å². The fraction of sp³-hybridized carbons (Fsp3) is 0.519.